The van der Waals surface area contributed by atoms with Crippen LogP contribution in [0.2, 0.25) is 0 Å². The molecule has 4 saturated carbocycles. The third-order valence-electron chi connectivity index (χ3n) is 8.77. The van der Waals surface area contributed by atoms with E-state index in [0.29, 0.717) is 25.7 Å². The van der Waals surface area contributed by atoms with E-state index in [1.54, 1.807) is 0 Å². The first kappa shape index (κ1) is 26.6. The van der Waals surface area contributed by atoms with E-state index in [0.717, 1.165) is 25.3 Å². The van der Waals surface area contributed by atoms with Crippen molar-refractivity contribution in [2.24, 2.45) is 23.7 Å². The number of benzene rings is 1. The van der Waals surface area contributed by atoms with Gasteiger partial charge < -0.3 is 25.2 Å². The number of methoxy groups -OCH3 is 1. The minimum atomic E-state index is -2.74. The van der Waals surface area contributed by atoms with Crippen LogP contribution in [-0.4, -0.2) is 54.1 Å². The summed E-state index contributed by atoms with van der Waals surface area (Å²) in [6.07, 6.45) is 3.13. The number of carboxylic acids is 1. The summed E-state index contributed by atoms with van der Waals surface area (Å²) in [5, 5.41) is 14.9. The molecule has 0 heterocycles. The zero-order valence-corrected chi connectivity index (χ0v) is 21.2. The lowest BCUT2D eigenvalue weighted by Crippen LogP contribution is -2.56. The Hall–Kier alpha value is -2.98. The third-order valence-corrected chi connectivity index (χ3v) is 8.77. The van der Waals surface area contributed by atoms with Crippen LogP contribution in [0.25, 0.3) is 0 Å². The number of alkyl halides is 2. The zero-order chi connectivity index (χ0) is 27.2. The average molecular weight is 539 g/mol. The summed E-state index contributed by atoms with van der Waals surface area (Å²) in [5.74, 6) is -6.04. The number of aliphatic carboxylic acids is 1. The molecule has 4 atom stereocenters. The molecule has 4 fully saturated rings. The monoisotopic (exact) mass is 538 g/mol. The zero-order valence-electron chi connectivity index (χ0n) is 21.2. The highest BCUT2D eigenvalue weighted by molar-refractivity contribution is 5.98. The smallest absolute Gasteiger partial charge is 0.306 e. The van der Waals surface area contributed by atoms with Gasteiger partial charge in [-0.25, -0.2) is 13.2 Å². The molecule has 4 aliphatic rings. The van der Waals surface area contributed by atoms with Crippen LogP contribution >= 0.6 is 0 Å². The maximum Gasteiger partial charge on any atom is 0.306 e. The lowest BCUT2D eigenvalue weighted by molar-refractivity contribution is -0.143. The van der Waals surface area contributed by atoms with Crippen molar-refractivity contribution in [1.82, 2.24) is 10.6 Å². The van der Waals surface area contributed by atoms with Gasteiger partial charge in [-0.05, 0) is 62.8 Å². The summed E-state index contributed by atoms with van der Waals surface area (Å²) < 4.78 is 52.4. The Kier molecular flexibility index (Phi) is 7.21. The van der Waals surface area contributed by atoms with Gasteiger partial charge in [0.05, 0.1) is 30.6 Å². The maximum atomic E-state index is 14.8. The summed E-state index contributed by atoms with van der Waals surface area (Å²) in [4.78, 5) is 37.7. The Morgan fingerprint density at radius 1 is 0.974 bits per heavy atom. The standard InChI is InChI=1S/C27H33F3N2O6/c1-37-20-10-19(28)21(38-17-6-4-13(5-7-17)26(35)36)9-18(20)24(33)32-23-15-3-2-14(8-15)22(23)25(34)31-16-11-27(29,30)12-16/h9-10,13-17,22-23H,2-8,11-12H2,1H3,(H,31,34)(H,32,33)(H,35,36)/t13?,14-,15+,17?,22+,23-/m1/s1. The van der Waals surface area contributed by atoms with E-state index in [-0.39, 0.29) is 53.8 Å². The Bertz CT molecular complexity index is 1100. The Morgan fingerprint density at radius 3 is 2.29 bits per heavy atom. The number of ether oxygens (including phenoxy) is 2. The Labute approximate surface area is 218 Å². The van der Waals surface area contributed by atoms with Crippen LogP contribution in [-0.2, 0) is 9.59 Å². The molecular weight excluding hydrogens is 505 g/mol. The van der Waals surface area contributed by atoms with E-state index in [1.807, 2.05) is 0 Å². The molecule has 0 aromatic heterocycles. The van der Waals surface area contributed by atoms with Gasteiger partial charge in [0.15, 0.2) is 11.6 Å². The third kappa shape index (κ3) is 5.29. The predicted octanol–water partition coefficient (Wildman–Crippen LogP) is 3.91. The van der Waals surface area contributed by atoms with Crippen LogP contribution < -0.4 is 20.1 Å². The topological polar surface area (TPSA) is 114 Å². The van der Waals surface area contributed by atoms with E-state index >= 15 is 0 Å². The van der Waals surface area contributed by atoms with E-state index in [4.69, 9.17) is 9.47 Å². The second kappa shape index (κ2) is 10.3. The van der Waals surface area contributed by atoms with Crippen LogP contribution in [0.5, 0.6) is 11.5 Å². The first-order valence-corrected chi connectivity index (χ1v) is 13.3. The number of nitrogens with one attached hydrogen (secondary N) is 2. The van der Waals surface area contributed by atoms with Crippen LogP contribution in [0.4, 0.5) is 13.2 Å². The average Bonchev–Trinajstić information content (AvgIpc) is 3.46. The number of amides is 2. The van der Waals surface area contributed by atoms with Gasteiger partial charge in [-0.2, -0.15) is 0 Å². The van der Waals surface area contributed by atoms with Crippen molar-refractivity contribution in [2.75, 3.05) is 7.11 Å². The van der Waals surface area contributed by atoms with Gasteiger partial charge in [0.1, 0.15) is 5.75 Å². The molecule has 4 aliphatic carbocycles. The van der Waals surface area contributed by atoms with Gasteiger partial charge >= 0.3 is 5.97 Å². The van der Waals surface area contributed by atoms with E-state index in [1.165, 1.54) is 13.2 Å². The molecule has 0 aliphatic heterocycles. The Balaban J connectivity index is 1.28. The van der Waals surface area contributed by atoms with Crippen molar-refractivity contribution in [3.8, 4) is 11.5 Å². The quantitative estimate of drug-likeness (QED) is 0.463. The maximum absolute atomic E-state index is 14.8. The normalized spacial score (nSPS) is 31.8. The van der Waals surface area contributed by atoms with Gasteiger partial charge in [-0.1, -0.05) is 0 Å². The van der Waals surface area contributed by atoms with Crippen molar-refractivity contribution in [2.45, 2.75) is 81.9 Å². The molecule has 0 unspecified atom stereocenters. The molecule has 8 nitrogen and oxygen atoms in total. The number of fused-ring (bicyclic) bond motifs is 2. The van der Waals surface area contributed by atoms with Gasteiger partial charge in [-0.15, -0.1) is 0 Å². The highest BCUT2D eigenvalue weighted by Crippen LogP contribution is 2.49. The largest absolute Gasteiger partial charge is 0.496 e. The second-order valence-electron chi connectivity index (χ2n) is 11.2. The number of carbonyl (C=O) groups excluding carboxylic acids is 2. The molecule has 0 radical (unpaired) electrons. The molecule has 38 heavy (non-hydrogen) atoms. The fourth-order valence-electron chi connectivity index (χ4n) is 6.75. The molecule has 11 heteroatoms. The molecule has 0 saturated heterocycles. The highest BCUT2D eigenvalue weighted by atomic mass is 19.3. The number of hydrogen-bond donors (Lipinski definition) is 3. The lowest BCUT2D eigenvalue weighted by Gasteiger charge is -2.38. The number of hydrogen-bond acceptors (Lipinski definition) is 5. The lowest BCUT2D eigenvalue weighted by atomic mass is 9.82. The molecular formula is C27H33F3N2O6. The van der Waals surface area contributed by atoms with Crippen LogP contribution in [0, 0.1) is 29.5 Å². The van der Waals surface area contributed by atoms with Crippen molar-refractivity contribution in [3.05, 3.63) is 23.5 Å². The van der Waals surface area contributed by atoms with Crippen LogP contribution in [0.15, 0.2) is 12.1 Å². The molecule has 3 N–H and O–H groups in total. The molecule has 1 aromatic carbocycles. The van der Waals surface area contributed by atoms with Crippen LogP contribution in [0.1, 0.15) is 68.1 Å². The summed E-state index contributed by atoms with van der Waals surface area (Å²) in [6, 6.07) is 1.34. The summed E-state index contributed by atoms with van der Waals surface area (Å²) in [7, 11) is 1.32. The van der Waals surface area contributed by atoms with Crippen molar-refractivity contribution in [1.29, 1.82) is 0 Å². The predicted molar refractivity (Wildman–Crippen MR) is 129 cm³/mol. The van der Waals surface area contributed by atoms with E-state index in [2.05, 4.69) is 10.6 Å². The molecule has 0 spiro atoms. The first-order valence-electron chi connectivity index (χ1n) is 13.3. The Morgan fingerprint density at radius 2 is 1.66 bits per heavy atom. The van der Waals surface area contributed by atoms with Gasteiger partial charge in [-0.3, -0.25) is 14.4 Å². The van der Waals surface area contributed by atoms with Crippen molar-refractivity contribution >= 4 is 17.8 Å². The second-order valence-corrected chi connectivity index (χ2v) is 11.2. The van der Waals surface area contributed by atoms with Gasteiger partial charge in [0.25, 0.3) is 11.8 Å². The molecule has 2 amide bonds. The SMILES string of the molecule is COc1cc(F)c(OC2CCC(C(=O)O)CC2)cc1C(=O)N[C@@H]1[C@H]2CC[C@H](C2)[C@@H]1C(=O)NC1CC(F)(F)C1. The van der Waals surface area contributed by atoms with E-state index < -0.39 is 47.5 Å². The fourth-order valence-corrected chi connectivity index (χ4v) is 6.75. The number of carboxylic acid groups (broad SMARTS) is 1. The summed E-state index contributed by atoms with van der Waals surface area (Å²) in [5.41, 5.74) is 0.0590. The number of rotatable bonds is 8. The summed E-state index contributed by atoms with van der Waals surface area (Å²) >= 11 is 0. The van der Waals surface area contributed by atoms with Crippen molar-refractivity contribution < 1.29 is 42.1 Å². The minimum absolute atomic E-state index is 0.0165. The molecule has 5 rings (SSSR count). The molecule has 2 bridgehead atoms. The summed E-state index contributed by atoms with van der Waals surface area (Å²) in [6.45, 7) is 0. The van der Waals surface area contributed by atoms with Crippen molar-refractivity contribution in [3.63, 3.8) is 0 Å². The van der Waals surface area contributed by atoms with Gasteiger partial charge in [0.2, 0.25) is 5.91 Å². The minimum Gasteiger partial charge on any atom is -0.496 e. The first-order chi connectivity index (χ1) is 18.0. The number of halogens is 3. The molecule has 208 valence electrons. The van der Waals surface area contributed by atoms with Gasteiger partial charge in [0, 0.05) is 31.0 Å². The molecule has 1 aromatic rings. The number of carbonyl (C=O) groups is 3. The fraction of sp³-hybridized carbons (Fsp3) is 0.667. The van der Waals surface area contributed by atoms with E-state index in [9.17, 15) is 32.7 Å². The van der Waals surface area contributed by atoms with Crippen LogP contribution in [0.3, 0.4) is 0 Å². The highest BCUT2D eigenvalue weighted by Gasteiger charge is 2.53.